The molecule has 0 amide bonds. The summed E-state index contributed by atoms with van der Waals surface area (Å²) in [6, 6.07) is 16.2. The average molecular weight is 416 g/mol. The molecule has 5 rings (SSSR count). The Kier molecular flexibility index (Phi) is 5.26. The highest BCUT2D eigenvalue weighted by Gasteiger charge is 2.27. The van der Waals surface area contributed by atoms with Crippen LogP contribution < -0.4 is 4.74 Å². The van der Waals surface area contributed by atoms with Crippen LogP contribution in [0, 0.1) is 6.92 Å². The first-order chi connectivity index (χ1) is 15.2. The molecule has 1 atom stereocenters. The maximum Gasteiger partial charge on any atom is 0.191 e. The molecular weight excluding hydrogens is 392 g/mol. The fourth-order valence-electron chi connectivity index (χ4n) is 4.00. The maximum absolute atomic E-state index is 6.20. The smallest absolute Gasteiger partial charge is 0.191 e. The van der Waals surface area contributed by atoms with Crippen LogP contribution in [0.4, 0.5) is 0 Å². The summed E-state index contributed by atoms with van der Waals surface area (Å²) < 4.78 is 19.7. The lowest BCUT2D eigenvalue weighted by molar-refractivity contribution is 0.0161. The van der Waals surface area contributed by atoms with Crippen LogP contribution in [0.5, 0.6) is 5.75 Å². The summed E-state index contributed by atoms with van der Waals surface area (Å²) in [5, 5.41) is 8.98. The molecule has 2 aromatic carbocycles. The van der Waals surface area contributed by atoms with E-state index in [0.29, 0.717) is 24.0 Å². The highest BCUT2D eigenvalue weighted by Crippen LogP contribution is 2.36. The molecule has 1 aliphatic heterocycles. The van der Waals surface area contributed by atoms with E-state index in [1.807, 2.05) is 43.3 Å². The Bertz CT molecular complexity index is 1180. The molecule has 0 saturated heterocycles. The van der Waals surface area contributed by atoms with Crippen molar-refractivity contribution in [1.29, 1.82) is 0 Å². The second-order valence-electron chi connectivity index (χ2n) is 7.62. The van der Waals surface area contributed by atoms with Crippen molar-refractivity contribution in [3.05, 3.63) is 72.0 Å². The summed E-state index contributed by atoms with van der Waals surface area (Å²) in [6.45, 7) is 3.25. The maximum atomic E-state index is 6.20. The van der Waals surface area contributed by atoms with Gasteiger partial charge in [0, 0.05) is 19.0 Å². The molecule has 4 aromatic rings. The monoisotopic (exact) mass is 416 g/mol. The summed E-state index contributed by atoms with van der Waals surface area (Å²) >= 11 is 0. The standard InChI is InChI=1S/C24H24N4O3/c1-16-25-14-22(31-16)19-11-10-18(13-21(19)29-2)23-26-27-24-20(9-6-12-28(23)24)30-15-17-7-4-3-5-8-17/h3-5,7-8,10-11,13-14,20H,6,9,12,15H2,1-2H3. The number of benzene rings is 2. The molecular formula is C24H24N4O3. The van der Waals surface area contributed by atoms with Crippen LogP contribution >= 0.6 is 0 Å². The summed E-state index contributed by atoms with van der Waals surface area (Å²) in [5.74, 6) is 3.71. The number of fused-ring (bicyclic) bond motifs is 1. The van der Waals surface area contributed by atoms with Crippen molar-refractivity contribution in [3.8, 4) is 28.5 Å². The Balaban J connectivity index is 1.42. The molecule has 2 aromatic heterocycles. The highest BCUT2D eigenvalue weighted by atomic mass is 16.5. The van der Waals surface area contributed by atoms with E-state index >= 15 is 0 Å². The van der Waals surface area contributed by atoms with Gasteiger partial charge >= 0.3 is 0 Å². The Hall–Kier alpha value is -3.45. The Morgan fingerprint density at radius 2 is 2.00 bits per heavy atom. The van der Waals surface area contributed by atoms with E-state index in [9.17, 15) is 0 Å². The quantitative estimate of drug-likeness (QED) is 0.442. The predicted octanol–water partition coefficient (Wildman–Crippen LogP) is 4.97. The van der Waals surface area contributed by atoms with Gasteiger partial charge in [-0.1, -0.05) is 36.4 Å². The number of oxazole rings is 1. The van der Waals surface area contributed by atoms with Crippen molar-refractivity contribution in [2.75, 3.05) is 7.11 Å². The van der Waals surface area contributed by atoms with Crippen molar-refractivity contribution in [2.24, 2.45) is 0 Å². The number of aryl methyl sites for hydroxylation is 1. The van der Waals surface area contributed by atoms with Crippen molar-refractivity contribution in [3.63, 3.8) is 0 Å². The minimum atomic E-state index is -0.0615. The molecule has 1 unspecified atom stereocenters. The van der Waals surface area contributed by atoms with Gasteiger partial charge in [0.1, 0.15) is 11.9 Å². The second kappa shape index (κ2) is 8.35. The second-order valence-corrected chi connectivity index (χ2v) is 7.62. The number of aromatic nitrogens is 4. The van der Waals surface area contributed by atoms with Crippen molar-refractivity contribution < 1.29 is 13.9 Å². The number of hydrogen-bond donors (Lipinski definition) is 0. The van der Waals surface area contributed by atoms with E-state index in [4.69, 9.17) is 13.9 Å². The minimum absolute atomic E-state index is 0.0615. The molecule has 0 N–H and O–H groups in total. The summed E-state index contributed by atoms with van der Waals surface area (Å²) in [4.78, 5) is 4.18. The molecule has 0 fully saturated rings. The van der Waals surface area contributed by atoms with Crippen LogP contribution in [-0.2, 0) is 17.9 Å². The van der Waals surface area contributed by atoms with Crippen LogP contribution in [0.15, 0.2) is 59.1 Å². The molecule has 3 heterocycles. The SMILES string of the molecule is COc1cc(-c2nnc3n2CCCC3OCc2ccccc2)ccc1-c1cnc(C)o1. The largest absolute Gasteiger partial charge is 0.496 e. The summed E-state index contributed by atoms with van der Waals surface area (Å²) in [6.07, 6.45) is 3.61. The molecule has 0 radical (unpaired) electrons. The topological polar surface area (TPSA) is 75.2 Å². The lowest BCUT2D eigenvalue weighted by Gasteiger charge is -2.24. The number of rotatable bonds is 6. The van der Waals surface area contributed by atoms with Crippen molar-refractivity contribution >= 4 is 0 Å². The van der Waals surface area contributed by atoms with Gasteiger partial charge in [-0.25, -0.2) is 4.98 Å². The molecule has 158 valence electrons. The lowest BCUT2D eigenvalue weighted by Crippen LogP contribution is -2.19. The van der Waals surface area contributed by atoms with Gasteiger partial charge in [0.25, 0.3) is 0 Å². The van der Waals surface area contributed by atoms with Gasteiger partial charge in [-0.2, -0.15) is 0 Å². The van der Waals surface area contributed by atoms with E-state index < -0.39 is 0 Å². The fraction of sp³-hybridized carbons (Fsp3) is 0.292. The number of nitrogens with zero attached hydrogens (tertiary/aromatic N) is 4. The van der Waals surface area contributed by atoms with Gasteiger partial charge in [-0.3, -0.25) is 0 Å². The van der Waals surface area contributed by atoms with E-state index in [1.165, 1.54) is 0 Å². The molecule has 0 aliphatic carbocycles. The third kappa shape index (κ3) is 3.84. The van der Waals surface area contributed by atoms with Crippen molar-refractivity contribution in [1.82, 2.24) is 19.7 Å². The number of ether oxygens (including phenoxy) is 2. The van der Waals surface area contributed by atoms with E-state index in [1.54, 1.807) is 13.3 Å². The lowest BCUT2D eigenvalue weighted by atomic mass is 10.1. The van der Waals surface area contributed by atoms with Gasteiger partial charge in [0.05, 0.1) is 25.5 Å². The third-order valence-electron chi connectivity index (χ3n) is 5.56. The van der Waals surface area contributed by atoms with Crippen LogP contribution in [0.3, 0.4) is 0 Å². The third-order valence-corrected chi connectivity index (χ3v) is 5.56. The first kappa shape index (κ1) is 19.5. The highest BCUT2D eigenvalue weighted by molar-refractivity contribution is 5.71. The first-order valence-corrected chi connectivity index (χ1v) is 10.4. The van der Waals surface area contributed by atoms with E-state index in [-0.39, 0.29) is 6.10 Å². The number of methoxy groups -OCH3 is 1. The molecule has 7 heteroatoms. The van der Waals surface area contributed by atoms with Gasteiger partial charge < -0.3 is 18.5 Å². The van der Waals surface area contributed by atoms with Gasteiger partial charge in [0.15, 0.2) is 23.3 Å². The Morgan fingerprint density at radius 1 is 1.13 bits per heavy atom. The molecule has 0 spiro atoms. The van der Waals surface area contributed by atoms with Crippen molar-refractivity contribution in [2.45, 2.75) is 39.0 Å². The zero-order chi connectivity index (χ0) is 21.2. The van der Waals surface area contributed by atoms with Crippen LogP contribution in [0.2, 0.25) is 0 Å². The molecule has 0 bridgehead atoms. The zero-order valence-electron chi connectivity index (χ0n) is 17.6. The van der Waals surface area contributed by atoms with E-state index in [2.05, 4.69) is 31.9 Å². The predicted molar refractivity (Wildman–Crippen MR) is 115 cm³/mol. The number of hydrogen-bond acceptors (Lipinski definition) is 6. The van der Waals surface area contributed by atoms with Crippen LogP contribution in [-0.4, -0.2) is 26.9 Å². The first-order valence-electron chi connectivity index (χ1n) is 10.4. The normalized spacial score (nSPS) is 15.6. The van der Waals surface area contributed by atoms with Crippen LogP contribution in [0.1, 0.15) is 36.2 Å². The Morgan fingerprint density at radius 3 is 2.77 bits per heavy atom. The molecule has 1 aliphatic rings. The minimum Gasteiger partial charge on any atom is -0.496 e. The van der Waals surface area contributed by atoms with E-state index in [0.717, 1.165) is 47.7 Å². The summed E-state index contributed by atoms with van der Waals surface area (Å²) in [5.41, 5.74) is 2.95. The Labute approximate surface area is 180 Å². The summed E-state index contributed by atoms with van der Waals surface area (Å²) in [7, 11) is 1.65. The molecule has 31 heavy (non-hydrogen) atoms. The average Bonchev–Trinajstić information content (AvgIpc) is 3.44. The fourth-order valence-corrected chi connectivity index (χ4v) is 4.00. The van der Waals surface area contributed by atoms with Gasteiger partial charge in [-0.15, -0.1) is 10.2 Å². The van der Waals surface area contributed by atoms with Crippen LogP contribution in [0.25, 0.3) is 22.7 Å². The molecule has 7 nitrogen and oxygen atoms in total. The molecule has 0 saturated carbocycles. The zero-order valence-corrected chi connectivity index (χ0v) is 17.6. The van der Waals surface area contributed by atoms with Gasteiger partial charge in [0.2, 0.25) is 0 Å². The van der Waals surface area contributed by atoms with Gasteiger partial charge in [-0.05, 0) is 30.5 Å².